The van der Waals surface area contributed by atoms with Crippen LogP contribution in [0.4, 0.5) is 17.3 Å². The van der Waals surface area contributed by atoms with E-state index < -0.39 is 5.97 Å². The number of esters is 1. The predicted molar refractivity (Wildman–Crippen MR) is 105 cm³/mol. The fourth-order valence-electron chi connectivity index (χ4n) is 3.19. The number of rotatable bonds is 6. The molecule has 0 aliphatic carbocycles. The van der Waals surface area contributed by atoms with Crippen LogP contribution in [0.3, 0.4) is 0 Å². The zero-order valence-electron chi connectivity index (χ0n) is 16.0. The van der Waals surface area contributed by atoms with Gasteiger partial charge in [0.2, 0.25) is 0 Å². The lowest BCUT2D eigenvalue weighted by Crippen LogP contribution is -2.36. The highest BCUT2D eigenvalue weighted by Gasteiger charge is 2.25. The van der Waals surface area contributed by atoms with Crippen LogP contribution in [0.25, 0.3) is 0 Å². The van der Waals surface area contributed by atoms with Crippen molar-refractivity contribution in [3.63, 3.8) is 0 Å². The van der Waals surface area contributed by atoms with E-state index in [9.17, 15) is 9.59 Å². The van der Waals surface area contributed by atoms with E-state index in [0.717, 1.165) is 11.5 Å². The largest absolute Gasteiger partial charge is 0.481 e. The number of piperidine rings is 1. The van der Waals surface area contributed by atoms with Gasteiger partial charge in [0.15, 0.2) is 0 Å². The second-order valence-corrected chi connectivity index (χ2v) is 6.68. The molecule has 1 aromatic heterocycles. The molecular weight excluding hydrogens is 360 g/mol. The first-order valence-corrected chi connectivity index (χ1v) is 9.34. The van der Waals surface area contributed by atoms with Gasteiger partial charge in [0.05, 0.1) is 18.1 Å². The van der Waals surface area contributed by atoms with Crippen LogP contribution in [-0.4, -0.2) is 46.7 Å². The molecule has 0 bridgehead atoms. The second kappa shape index (κ2) is 8.69. The molecule has 2 heterocycles. The van der Waals surface area contributed by atoms with Gasteiger partial charge in [0.1, 0.15) is 17.5 Å². The molecule has 8 heteroatoms. The number of benzene rings is 1. The molecule has 0 amide bonds. The van der Waals surface area contributed by atoms with Gasteiger partial charge in [-0.05, 0) is 51.0 Å². The number of nitrogens with one attached hydrogen (secondary N) is 1. The van der Waals surface area contributed by atoms with Gasteiger partial charge in [-0.1, -0.05) is 0 Å². The van der Waals surface area contributed by atoms with Crippen LogP contribution in [0.5, 0.6) is 0 Å². The van der Waals surface area contributed by atoms with E-state index >= 15 is 0 Å². The summed E-state index contributed by atoms with van der Waals surface area (Å²) in [5, 5.41) is 12.4. The first-order valence-electron chi connectivity index (χ1n) is 9.34. The Kier molecular flexibility index (Phi) is 6.08. The summed E-state index contributed by atoms with van der Waals surface area (Å²) in [4.78, 5) is 33.9. The second-order valence-electron chi connectivity index (χ2n) is 6.68. The molecule has 28 heavy (non-hydrogen) atoms. The summed E-state index contributed by atoms with van der Waals surface area (Å²) in [6.45, 7) is 5.24. The van der Waals surface area contributed by atoms with E-state index in [2.05, 4.69) is 20.2 Å². The molecule has 0 spiro atoms. The van der Waals surface area contributed by atoms with Crippen LogP contribution in [0, 0.1) is 12.8 Å². The molecule has 1 aliphatic rings. The molecule has 0 radical (unpaired) electrons. The Labute approximate surface area is 163 Å². The third-order valence-corrected chi connectivity index (χ3v) is 4.66. The van der Waals surface area contributed by atoms with Crippen molar-refractivity contribution in [2.24, 2.45) is 5.92 Å². The zero-order chi connectivity index (χ0) is 20.1. The van der Waals surface area contributed by atoms with Crippen LogP contribution in [-0.2, 0) is 9.53 Å². The number of hydrogen-bond donors (Lipinski definition) is 2. The molecule has 3 rings (SSSR count). The van der Waals surface area contributed by atoms with Crippen molar-refractivity contribution in [3.05, 3.63) is 41.7 Å². The number of carboxylic acid groups (broad SMARTS) is 1. The standard InChI is InChI=1S/C20H24N4O4/c1-3-28-20(27)15-4-6-16(7-5-15)23-17-12-18(22-13(2)21-17)24-10-8-14(9-11-24)19(25)26/h4-7,12,14H,3,8-11H2,1-2H3,(H,25,26)(H,21,22,23). The summed E-state index contributed by atoms with van der Waals surface area (Å²) in [7, 11) is 0. The average molecular weight is 384 g/mol. The summed E-state index contributed by atoms with van der Waals surface area (Å²) >= 11 is 0. The number of carbonyl (C=O) groups excluding carboxylic acids is 1. The molecule has 1 saturated heterocycles. The third-order valence-electron chi connectivity index (χ3n) is 4.66. The molecule has 2 aromatic rings. The number of aliphatic carboxylic acids is 1. The molecule has 0 saturated carbocycles. The Hall–Kier alpha value is -3.16. The van der Waals surface area contributed by atoms with Crippen LogP contribution < -0.4 is 10.2 Å². The smallest absolute Gasteiger partial charge is 0.338 e. The molecule has 148 valence electrons. The predicted octanol–water partition coefficient (Wildman–Crippen LogP) is 3.01. The minimum absolute atomic E-state index is 0.283. The van der Waals surface area contributed by atoms with Crippen molar-refractivity contribution in [1.82, 2.24) is 9.97 Å². The quantitative estimate of drug-likeness (QED) is 0.733. The first kappa shape index (κ1) is 19.6. The molecule has 8 nitrogen and oxygen atoms in total. The highest BCUT2D eigenvalue weighted by molar-refractivity contribution is 5.89. The lowest BCUT2D eigenvalue weighted by Gasteiger charge is -2.31. The minimum atomic E-state index is -0.730. The van der Waals surface area contributed by atoms with E-state index in [1.165, 1.54) is 0 Å². The van der Waals surface area contributed by atoms with Crippen LogP contribution in [0.1, 0.15) is 35.9 Å². The maximum absolute atomic E-state index is 11.7. The molecule has 1 aliphatic heterocycles. The number of ether oxygens (including phenoxy) is 1. The van der Waals surface area contributed by atoms with Crippen LogP contribution in [0.2, 0.25) is 0 Å². The van der Waals surface area contributed by atoms with Gasteiger partial charge in [-0.15, -0.1) is 0 Å². The van der Waals surface area contributed by atoms with E-state index in [0.29, 0.717) is 49.7 Å². The number of anilines is 3. The fourth-order valence-corrected chi connectivity index (χ4v) is 3.19. The summed E-state index contributed by atoms with van der Waals surface area (Å²) < 4.78 is 4.98. The van der Waals surface area contributed by atoms with Gasteiger partial charge in [0.25, 0.3) is 0 Å². The minimum Gasteiger partial charge on any atom is -0.481 e. The molecule has 0 unspecified atom stereocenters. The van der Waals surface area contributed by atoms with E-state index in [4.69, 9.17) is 9.84 Å². The first-order chi connectivity index (χ1) is 13.5. The van der Waals surface area contributed by atoms with E-state index in [1.807, 2.05) is 13.0 Å². The van der Waals surface area contributed by atoms with Crippen molar-refractivity contribution in [1.29, 1.82) is 0 Å². The molecule has 0 atom stereocenters. The lowest BCUT2D eigenvalue weighted by atomic mass is 9.97. The SMILES string of the molecule is CCOC(=O)c1ccc(Nc2cc(N3CCC(C(=O)O)CC3)nc(C)n2)cc1. The maximum Gasteiger partial charge on any atom is 0.338 e. The van der Waals surface area contributed by atoms with Crippen LogP contribution >= 0.6 is 0 Å². The molecule has 2 N–H and O–H groups in total. The maximum atomic E-state index is 11.7. The Morgan fingerprint density at radius 1 is 1.21 bits per heavy atom. The molecular formula is C20H24N4O4. The van der Waals surface area contributed by atoms with Gasteiger partial charge >= 0.3 is 11.9 Å². The highest BCUT2D eigenvalue weighted by Crippen LogP contribution is 2.25. The van der Waals surface area contributed by atoms with Gasteiger partial charge in [-0.2, -0.15) is 0 Å². The molecule has 1 aromatic carbocycles. The Morgan fingerprint density at radius 3 is 2.50 bits per heavy atom. The third kappa shape index (κ3) is 4.76. The highest BCUT2D eigenvalue weighted by atomic mass is 16.5. The van der Waals surface area contributed by atoms with Crippen molar-refractivity contribution < 1.29 is 19.4 Å². The van der Waals surface area contributed by atoms with Gasteiger partial charge in [-0.3, -0.25) is 4.79 Å². The summed E-state index contributed by atoms with van der Waals surface area (Å²) in [6, 6.07) is 8.84. The average Bonchev–Trinajstić information content (AvgIpc) is 2.68. The van der Waals surface area contributed by atoms with Crippen molar-refractivity contribution >= 4 is 29.3 Å². The normalized spacial score (nSPS) is 14.6. The summed E-state index contributed by atoms with van der Waals surface area (Å²) in [6.07, 6.45) is 1.22. The van der Waals surface area contributed by atoms with Gasteiger partial charge in [0, 0.05) is 24.8 Å². The number of hydrogen-bond acceptors (Lipinski definition) is 7. The summed E-state index contributed by atoms with van der Waals surface area (Å²) in [5.74, 6) is 0.693. The number of nitrogens with zero attached hydrogens (tertiary/aromatic N) is 3. The zero-order valence-corrected chi connectivity index (χ0v) is 16.0. The lowest BCUT2D eigenvalue weighted by molar-refractivity contribution is -0.142. The van der Waals surface area contributed by atoms with Crippen molar-refractivity contribution in [3.8, 4) is 0 Å². The molecule has 1 fully saturated rings. The van der Waals surface area contributed by atoms with E-state index in [1.54, 1.807) is 31.2 Å². The topological polar surface area (TPSA) is 105 Å². The van der Waals surface area contributed by atoms with E-state index in [-0.39, 0.29) is 11.9 Å². The fraction of sp³-hybridized carbons (Fsp3) is 0.400. The van der Waals surface area contributed by atoms with Crippen LogP contribution in [0.15, 0.2) is 30.3 Å². The Balaban J connectivity index is 1.70. The number of aromatic nitrogens is 2. The Bertz CT molecular complexity index is 846. The summed E-state index contributed by atoms with van der Waals surface area (Å²) in [5.41, 5.74) is 1.29. The Morgan fingerprint density at radius 2 is 1.89 bits per heavy atom. The number of carboxylic acids is 1. The van der Waals surface area contributed by atoms with Gasteiger partial charge < -0.3 is 20.1 Å². The van der Waals surface area contributed by atoms with Crippen molar-refractivity contribution in [2.45, 2.75) is 26.7 Å². The number of aryl methyl sites for hydroxylation is 1. The van der Waals surface area contributed by atoms with Crippen molar-refractivity contribution in [2.75, 3.05) is 29.9 Å². The van der Waals surface area contributed by atoms with Gasteiger partial charge in [-0.25, -0.2) is 14.8 Å². The number of carbonyl (C=O) groups is 2. The monoisotopic (exact) mass is 384 g/mol.